The third kappa shape index (κ3) is 3.33. The van der Waals surface area contributed by atoms with E-state index in [2.05, 4.69) is 4.98 Å². The number of hydrogen-bond acceptors (Lipinski definition) is 3. The van der Waals surface area contributed by atoms with E-state index in [1.165, 1.54) is 0 Å². The first-order valence-corrected chi connectivity index (χ1v) is 6.43. The number of halogens is 3. The topological polar surface area (TPSA) is 48.1 Å². The lowest BCUT2D eigenvalue weighted by atomic mass is 9.96. The predicted molar refractivity (Wildman–Crippen MR) is 72.9 cm³/mol. The summed E-state index contributed by atoms with van der Waals surface area (Å²) >= 11 is 0. The van der Waals surface area contributed by atoms with Crippen LogP contribution in [0.1, 0.15) is 29.7 Å². The summed E-state index contributed by atoms with van der Waals surface area (Å²) in [4.78, 5) is 3.76. The van der Waals surface area contributed by atoms with E-state index in [1.807, 2.05) is 0 Å². The predicted octanol–water partition coefficient (Wildman–Crippen LogP) is 3.55. The molecule has 112 valence electrons. The summed E-state index contributed by atoms with van der Waals surface area (Å²) < 4.78 is 44.6. The summed E-state index contributed by atoms with van der Waals surface area (Å²) in [6.45, 7) is 2.20. The number of aromatic nitrogens is 1. The van der Waals surface area contributed by atoms with Crippen LogP contribution in [0.3, 0.4) is 0 Å². The number of benzene rings is 1. The molecule has 0 saturated carbocycles. The Morgan fingerprint density at radius 2 is 1.90 bits per heavy atom. The normalized spacial score (nSPS) is 13.0. The quantitative estimate of drug-likeness (QED) is 0.938. The zero-order valence-electron chi connectivity index (χ0n) is 11.4. The van der Waals surface area contributed by atoms with E-state index in [4.69, 9.17) is 10.5 Å². The van der Waals surface area contributed by atoms with E-state index in [0.29, 0.717) is 17.9 Å². The molecule has 1 atom stereocenters. The molecular weight excluding hydrogens is 281 g/mol. The fourth-order valence-corrected chi connectivity index (χ4v) is 2.10. The van der Waals surface area contributed by atoms with Crippen LogP contribution in [0.4, 0.5) is 13.2 Å². The monoisotopic (exact) mass is 296 g/mol. The molecule has 0 radical (unpaired) electrons. The average molecular weight is 296 g/mol. The number of nitrogens with zero attached hydrogens (tertiary/aromatic N) is 1. The first kappa shape index (κ1) is 15.3. The van der Waals surface area contributed by atoms with Crippen molar-refractivity contribution in [1.29, 1.82) is 0 Å². The van der Waals surface area contributed by atoms with Gasteiger partial charge >= 0.3 is 6.18 Å². The van der Waals surface area contributed by atoms with E-state index in [0.717, 1.165) is 18.5 Å². The molecule has 3 nitrogen and oxygen atoms in total. The standard InChI is InChI=1S/C15H15F3N2O/c1-2-21-13-6-4-3-5-10(13)14(19)11-9-20-8-7-12(11)15(16,17)18/h3-9,14H,2,19H2,1H3. The Bertz CT molecular complexity index is 614. The molecule has 2 rings (SSSR count). The van der Waals surface area contributed by atoms with E-state index >= 15 is 0 Å². The molecule has 0 bridgehead atoms. The Labute approximate surface area is 120 Å². The summed E-state index contributed by atoms with van der Waals surface area (Å²) in [6.07, 6.45) is -2.22. The minimum Gasteiger partial charge on any atom is -0.494 e. The van der Waals surface area contributed by atoms with Crippen LogP contribution in [0.2, 0.25) is 0 Å². The average Bonchev–Trinajstić information content (AvgIpc) is 2.46. The molecule has 6 heteroatoms. The number of ether oxygens (including phenoxy) is 1. The summed E-state index contributed by atoms with van der Waals surface area (Å²) in [6, 6.07) is 6.76. The van der Waals surface area contributed by atoms with Crippen molar-refractivity contribution in [2.45, 2.75) is 19.1 Å². The Morgan fingerprint density at radius 1 is 1.19 bits per heavy atom. The second-order valence-corrected chi connectivity index (χ2v) is 4.41. The summed E-state index contributed by atoms with van der Waals surface area (Å²) in [7, 11) is 0. The van der Waals surface area contributed by atoms with Gasteiger partial charge in [-0.1, -0.05) is 18.2 Å². The molecular formula is C15H15F3N2O. The molecule has 0 spiro atoms. The van der Waals surface area contributed by atoms with Gasteiger partial charge in [-0.25, -0.2) is 0 Å². The van der Waals surface area contributed by atoms with Gasteiger partial charge in [-0.05, 0) is 19.1 Å². The number of para-hydroxylation sites is 1. The van der Waals surface area contributed by atoms with Crippen LogP contribution in [-0.2, 0) is 6.18 Å². The Balaban J connectivity index is 2.48. The van der Waals surface area contributed by atoms with Crippen LogP contribution in [0.15, 0.2) is 42.7 Å². The molecule has 2 N–H and O–H groups in total. The summed E-state index contributed by atoms with van der Waals surface area (Å²) in [5.74, 6) is 0.476. The number of pyridine rings is 1. The molecule has 1 unspecified atom stereocenters. The molecule has 1 aromatic carbocycles. The van der Waals surface area contributed by atoms with Gasteiger partial charge in [0, 0.05) is 23.5 Å². The highest BCUT2D eigenvalue weighted by atomic mass is 19.4. The number of alkyl halides is 3. The van der Waals surface area contributed by atoms with Gasteiger partial charge in [0.25, 0.3) is 0 Å². The molecule has 0 amide bonds. The highest BCUT2D eigenvalue weighted by molar-refractivity contribution is 5.43. The van der Waals surface area contributed by atoms with Crippen molar-refractivity contribution in [3.63, 3.8) is 0 Å². The Hall–Kier alpha value is -2.08. The van der Waals surface area contributed by atoms with Crippen LogP contribution in [0.5, 0.6) is 5.75 Å². The van der Waals surface area contributed by atoms with Crippen molar-refractivity contribution in [1.82, 2.24) is 4.98 Å². The van der Waals surface area contributed by atoms with Crippen LogP contribution >= 0.6 is 0 Å². The van der Waals surface area contributed by atoms with Gasteiger partial charge in [-0.3, -0.25) is 4.98 Å². The van der Waals surface area contributed by atoms with Crippen molar-refractivity contribution >= 4 is 0 Å². The highest BCUT2D eigenvalue weighted by Gasteiger charge is 2.35. The maximum atomic E-state index is 13.1. The largest absolute Gasteiger partial charge is 0.494 e. The molecule has 0 aliphatic carbocycles. The maximum absolute atomic E-state index is 13.1. The zero-order chi connectivity index (χ0) is 15.5. The zero-order valence-corrected chi connectivity index (χ0v) is 11.4. The lowest BCUT2D eigenvalue weighted by Crippen LogP contribution is -2.19. The van der Waals surface area contributed by atoms with Gasteiger partial charge in [0.2, 0.25) is 0 Å². The van der Waals surface area contributed by atoms with Crippen LogP contribution in [0, 0.1) is 0 Å². The number of rotatable bonds is 4. The van der Waals surface area contributed by atoms with E-state index in [9.17, 15) is 13.2 Å². The van der Waals surface area contributed by atoms with E-state index < -0.39 is 17.8 Å². The maximum Gasteiger partial charge on any atom is 0.416 e. The molecule has 0 aliphatic heterocycles. The van der Waals surface area contributed by atoms with Gasteiger partial charge in [-0.15, -0.1) is 0 Å². The van der Waals surface area contributed by atoms with E-state index in [-0.39, 0.29) is 5.56 Å². The summed E-state index contributed by atoms with van der Waals surface area (Å²) in [5, 5.41) is 0. The molecule has 0 saturated heterocycles. The molecule has 0 fully saturated rings. The molecule has 1 aromatic heterocycles. The van der Waals surface area contributed by atoms with Gasteiger partial charge < -0.3 is 10.5 Å². The first-order chi connectivity index (χ1) is 9.95. The Morgan fingerprint density at radius 3 is 2.57 bits per heavy atom. The van der Waals surface area contributed by atoms with Crippen molar-refractivity contribution in [3.8, 4) is 5.75 Å². The van der Waals surface area contributed by atoms with Gasteiger partial charge in [0.05, 0.1) is 18.2 Å². The second kappa shape index (κ2) is 6.13. The molecule has 21 heavy (non-hydrogen) atoms. The summed E-state index contributed by atoms with van der Waals surface area (Å²) in [5.41, 5.74) is 5.67. The molecule has 2 aromatic rings. The van der Waals surface area contributed by atoms with Crippen LogP contribution in [-0.4, -0.2) is 11.6 Å². The molecule has 1 heterocycles. The fourth-order valence-electron chi connectivity index (χ4n) is 2.10. The third-order valence-corrected chi connectivity index (χ3v) is 3.05. The van der Waals surface area contributed by atoms with Gasteiger partial charge in [0.1, 0.15) is 5.75 Å². The fraction of sp³-hybridized carbons (Fsp3) is 0.267. The van der Waals surface area contributed by atoms with Crippen LogP contribution < -0.4 is 10.5 Å². The van der Waals surface area contributed by atoms with Gasteiger partial charge in [0.15, 0.2) is 0 Å². The minimum absolute atomic E-state index is 0.0721. The van der Waals surface area contributed by atoms with Crippen molar-refractivity contribution in [2.24, 2.45) is 5.73 Å². The van der Waals surface area contributed by atoms with Crippen molar-refractivity contribution in [3.05, 3.63) is 59.4 Å². The van der Waals surface area contributed by atoms with Crippen molar-refractivity contribution < 1.29 is 17.9 Å². The SMILES string of the molecule is CCOc1ccccc1C(N)c1cnccc1C(F)(F)F. The number of hydrogen-bond donors (Lipinski definition) is 1. The minimum atomic E-state index is -4.48. The van der Waals surface area contributed by atoms with E-state index in [1.54, 1.807) is 31.2 Å². The third-order valence-electron chi connectivity index (χ3n) is 3.05. The lowest BCUT2D eigenvalue weighted by molar-refractivity contribution is -0.138. The number of nitrogens with two attached hydrogens (primary N) is 1. The lowest BCUT2D eigenvalue weighted by Gasteiger charge is -2.20. The van der Waals surface area contributed by atoms with Crippen molar-refractivity contribution in [2.75, 3.05) is 6.61 Å². The first-order valence-electron chi connectivity index (χ1n) is 6.43. The van der Waals surface area contributed by atoms with Gasteiger partial charge in [-0.2, -0.15) is 13.2 Å². The highest BCUT2D eigenvalue weighted by Crippen LogP contribution is 2.37. The smallest absolute Gasteiger partial charge is 0.416 e. The second-order valence-electron chi connectivity index (χ2n) is 4.41. The Kier molecular flexibility index (Phi) is 4.47. The van der Waals surface area contributed by atoms with Crippen LogP contribution in [0.25, 0.3) is 0 Å². The molecule has 0 aliphatic rings.